The van der Waals surface area contributed by atoms with Crippen molar-refractivity contribution in [2.24, 2.45) is 11.3 Å². The number of benzene rings is 2. The van der Waals surface area contributed by atoms with Gasteiger partial charge in [-0.1, -0.05) is 38.1 Å². The zero-order valence-electron chi connectivity index (χ0n) is 20.6. The van der Waals surface area contributed by atoms with Gasteiger partial charge in [-0.25, -0.2) is 9.18 Å². The molecule has 182 valence electrons. The van der Waals surface area contributed by atoms with Crippen LogP contribution in [0.1, 0.15) is 57.7 Å². The van der Waals surface area contributed by atoms with Crippen LogP contribution < -0.4 is 4.74 Å². The first kappa shape index (κ1) is 23.2. The van der Waals surface area contributed by atoms with Gasteiger partial charge in [-0.15, -0.1) is 0 Å². The number of nitrogens with zero attached hydrogens (tertiary/aromatic N) is 2. The molecule has 2 aromatic rings. The highest BCUT2D eigenvalue weighted by Gasteiger charge is 2.50. The van der Waals surface area contributed by atoms with Crippen LogP contribution in [0.4, 0.5) is 9.18 Å². The van der Waals surface area contributed by atoms with Crippen LogP contribution in [0.2, 0.25) is 0 Å². The molecule has 0 unspecified atom stereocenters. The number of fused-ring (bicyclic) bond motifs is 4. The lowest BCUT2D eigenvalue weighted by Gasteiger charge is -2.51. The predicted octanol–water partition coefficient (Wildman–Crippen LogP) is 5.98. The number of halogens is 1. The average Bonchev–Trinajstić information content (AvgIpc) is 3.05. The smallest absolute Gasteiger partial charge is 0.408 e. The summed E-state index contributed by atoms with van der Waals surface area (Å²) in [5, 5.41) is 10.4. The summed E-state index contributed by atoms with van der Waals surface area (Å²) in [4.78, 5) is 16.8. The molecule has 3 fully saturated rings. The maximum atomic E-state index is 14.6. The number of carbonyl (C=O) groups is 1. The second-order valence-electron chi connectivity index (χ2n) is 11.2. The number of piperidine rings is 3. The zero-order valence-corrected chi connectivity index (χ0v) is 20.6. The molecule has 5 nitrogen and oxygen atoms in total. The molecule has 2 bridgehead atoms. The van der Waals surface area contributed by atoms with E-state index >= 15 is 0 Å². The number of ether oxygens (including phenoxy) is 1. The Morgan fingerprint density at radius 1 is 1.15 bits per heavy atom. The third-order valence-corrected chi connectivity index (χ3v) is 7.93. The van der Waals surface area contributed by atoms with Gasteiger partial charge in [0.25, 0.3) is 0 Å². The average molecular weight is 467 g/mol. The maximum Gasteiger partial charge on any atom is 0.408 e. The van der Waals surface area contributed by atoms with Crippen molar-refractivity contribution in [2.75, 3.05) is 19.6 Å². The summed E-state index contributed by atoms with van der Waals surface area (Å²) in [6.07, 6.45) is 2.04. The van der Waals surface area contributed by atoms with Crippen molar-refractivity contribution in [3.63, 3.8) is 0 Å². The van der Waals surface area contributed by atoms with Gasteiger partial charge in [-0.3, -0.25) is 4.90 Å². The molecule has 0 saturated carbocycles. The van der Waals surface area contributed by atoms with Gasteiger partial charge in [-0.05, 0) is 91.9 Å². The second kappa shape index (κ2) is 8.56. The van der Waals surface area contributed by atoms with Crippen LogP contribution in [-0.4, -0.2) is 52.8 Å². The van der Waals surface area contributed by atoms with Crippen LogP contribution in [0.25, 0.3) is 11.1 Å². The Morgan fingerprint density at radius 3 is 2.41 bits per heavy atom. The van der Waals surface area contributed by atoms with E-state index in [2.05, 4.69) is 30.9 Å². The van der Waals surface area contributed by atoms with E-state index < -0.39 is 6.09 Å². The summed E-state index contributed by atoms with van der Waals surface area (Å²) < 4.78 is 20.2. The SMILES string of the molecule is CC(C)Oc1ccc(-c2ccc3c(c2)CC(C)(C)[C@H]3N(C(=O)O)[C@@H]2CN3CCC2CC3)cc1F. The van der Waals surface area contributed by atoms with Gasteiger partial charge in [0, 0.05) is 6.54 Å². The van der Waals surface area contributed by atoms with Crippen molar-refractivity contribution < 1.29 is 19.0 Å². The predicted molar refractivity (Wildman–Crippen MR) is 131 cm³/mol. The molecule has 6 rings (SSSR count). The van der Waals surface area contributed by atoms with Crippen molar-refractivity contribution in [1.29, 1.82) is 0 Å². The van der Waals surface area contributed by atoms with Gasteiger partial charge in [0.1, 0.15) is 0 Å². The molecular formula is C28H35FN2O3. The van der Waals surface area contributed by atoms with E-state index in [1.54, 1.807) is 11.0 Å². The Balaban J connectivity index is 1.48. The lowest BCUT2D eigenvalue weighted by Crippen LogP contribution is -2.60. The normalized spacial score (nSPS) is 27.0. The fraction of sp³-hybridized carbons (Fsp3) is 0.536. The highest BCUT2D eigenvalue weighted by Crippen LogP contribution is 2.51. The molecule has 2 atom stereocenters. The van der Waals surface area contributed by atoms with E-state index in [0.29, 0.717) is 5.92 Å². The fourth-order valence-corrected chi connectivity index (χ4v) is 6.46. The topological polar surface area (TPSA) is 53.0 Å². The number of rotatable bonds is 5. The third kappa shape index (κ3) is 4.06. The third-order valence-electron chi connectivity index (χ3n) is 7.93. The van der Waals surface area contributed by atoms with Gasteiger partial charge in [0.15, 0.2) is 11.6 Å². The molecule has 2 aromatic carbocycles. The second-order valence-corrected chi connectivity index (χ2v) is 11.2. The van der Waals surface area contributed by atoms with Crippen LogP contribution in [0.5, 0.6) is 5.75 Å². The number of hydrogen-bond acceptors (Lipinski definition) is 3. The van der Waals surface area contributed by atoms with Crippen molar-refractivity contribution in [3.8, 4) is 16.9 Å². The van der Waals surface area contributed by atoms with Crippen LogP contribution in [0.3, 0.4) is 0 Å². The summed E-state index contributed by atoms with van der Waals surface area (Å²) in [7, 11) is 0. The molecule has 6 heteroatoms. The maximum absolute atomic E-state index is 14.6. The molecular weight excluding hydrogens is 431 g/mol. The van der Waals surface area contributed by atoms with Crippen LogP contribution in [-0.2, 0) is 6.42 Å². The Bertz CT molecular complexity index is 1090. The Labute approximate surface area is 201 Å². The van der Waals surface area contributed by atoms with E-state index in [9.17, 15) is 14.3 Å². The van der Waals surface area contributed by atoms with Crippen LogP contribution >= 0.6 is 0 Å². The summed E-state index contributed by atoms with van der Waals surface area (Å²) in [5.74, 6) is 0.329. The molecule has 34 heavy (non-hydrogen) atoms. The quantitative estimate of drug-likeness (QED) is 0.589. The van der Waals surface area contributed by atoms with E-state index in [-0.39, 0.29) is 35.2 Å². The molecule has 4 aliphatic rings. The van der Waals surface area contributed by atoms with Crippen molar-refractivity contribution >= 4 is 6.09 Å². The molecule has 1 N–H and O–H groups in total. The van der Waals surface area contributed by atoms with E-state index in [4.69, 9.17) is 4.74 Å². The first-order valence-electron chi connectivity index (χ1n) is 12.5. The van der Waals surface area contributed by atoms with Crippen molar-refractivity contribution in [1.82, 2.24) is 9.80 Å². The molecule has 3 saturated heterocycles. The summed E-state index contributed by atoms with van der Waals surface area (Å²) in [6.45, 7) is 11.1. The van der Waals surface area contributed by atoms with Crippen molar-refractivity contribution in [2.45, 2.75) is 65.1 Å². The van der Waals surface area contributed by atoms with Gasteiger partial charge < -0.3 is 14.7 Å². The summed E-state index contributed by atoms with van der Waals surface area (Å²) in [5.41, 5.74) is 3.77. The molecule has 0 radical (unpaired) electrons. The minimum absolute atomic E-state index is 0.0394. The largest absolute Gasteiger partial charge is 0.488 e. The van der Waals surface area contributed by atoms with Crippen LogP contribution in [0, 0.1) is 17.2 Å². The van der Waals surface area contributed by atoms with Gasteiger partial charge in [-0.2, -0.15) is 0 Å². The first-order chi connectivity index (χ1) is 16.1. The molecule has 3 aliphatic heterocycles. The Morgan fingerprint density at radius 2 is 1.82 bits per heavy atom. The fourth-order valence-electron chi connectivity index (χ4n) is 6.46. The first-order valence-corrected chi connectivity index (χ1v) is 12.5. The Hall–Kier alpha value is -2.60. The van der Waals surface area contributed by atoms with Gasteiger partial charge in [0.05, 0.1) is 18.2 Å². The van der Waals surface area contributed by atoms with Crippen molar-refractivity contribution in [3.05, 3.63) is 53.3 Å². The molecule has 3 heterocycles. The monoisotopic (exact) mass is 466 g/mol. The zero-order chi connectivity index (χ0) is 24.2. The highest BCUT2D eigenvalue weighted by atomic mass is 19.1. The van der Waals surface area contributed by atoms with E-state index in [1.807, 2.05) is 26.0 Å². The molecule has 0 aromatic heterocycles. The van der Waals surface area contributed by atoms with E-state index in [1.165, 1.54) is 6.07 Å². The molecule has 1 aliphatic carbocycles. The standard InChI is InChI=1S/C28H35FN2O3/c1-17(2)34-25-8-6-20(14-23(25)29)19-5-7-22-21(13-19)15-28(3,4)26(22)31(27(32)33)24-16-30-11-9-18(24)10-12-30/h5-8,13-14,17-18,24,26H,9-12,15-16H2,1-4H3,(H,32,33)/t24-,26+/m1/s1. The summed E-state index contributed by atoms with van der Waals surface area (Å²) in [6, 6.07) is 11.1. The highest BCUT2D eigenvalue weighted by molar-refractivity contribution is 5.69. The Kier molecular flexibility index (Phi) is 5.83. The van der Waals surface area contributed by atoms with Gasteiger partial charge in [0.2, 0.25) is 0 Å². The molecule has 0 spiro atoms. The lowest BCUT2D eigenvalue weighted by atomic mass is 9.79. The minimum atomic E-state index is -0.823. The minimum Gasteiger partial charge on any atom is -0.488 e. The van der Waals surface area contributed by atoms with Gasteiger partial charge >= 0.3 is 6.09 Å². The number of amides is 1. The number of carboxylic acid groups (broad SMARTS) is 1. The molecule has 1 amide bonds. The summed E-state index contributed by atoms with van der Waals surface area (Å²) >= 11 is 0. The lowest BCUT2D eigenvalue weighted by molar-refractivity contribution is -0.0267. The van der Waals surface area contributed by atoms with E-state index in [0.717, 1.165) is 61.2 Å². The van der Waals surface area contributed by atoms with Crippen LogP contribution in [0.15, 0.2) is 36.4 Å². The number of hydrogen-bond donors (Lipinski definition) is 1.